The Morgan fingerprint density at radius 2 is 1.68 bits per heavy atom. The number of thiocarbonyl (C=S) groups is 1. The van der Waals surface area contributed by atoms with Gasteiger partial charge in [0.15, 0.2) is 5.11 Å². The van der Waals surface area contributed by atoms with Gasteiger partial charge in [-0.1, -0.05) is 43.6 Å². The maximum Gasteiger partial charge on any atom is 0.174 e. The molecule has 2 aliphatic rings. The maximum absolute atomic E-state index is 7.04. The second-order valence-electron chi connectivity index (χ2n) is 12.0. The number of benzene rings is 2. The third-order valence-electron chi connectivity index (χ3n) is 8.57. The SMILES string of the molecule is Cc1cccc(-n2c(C)cc([C@H]3[C@H](c4ccccn4)NC(=S)N3c3ccc(N4C[C@H](C)C[C@H](C)C4)c(Cl)c3)c2C)c1. The van der Waals surface area contributed by atoms with Gasteiger partial charge in [0.25, 0.3) is 0 Å². The van der Waals surface area contributed by atoms with E-state index in [4.69, 9.17) is 28.8 Å². The molecule has 41 heavy (non-hydrogen) atoms. The Morgan fingerprint density at radius 3 is 2.37 bits per heavy atom. The molecule has 2 aromatic carbocycles. The number of aryl methyl sites for hydroxylation is 2. The number of nitrogens with one attached hydrogen (secondary N) is 1. The van der Waals surface area contributed by atoms with Crippen LogP contribution >= 0.6 is 23.8 Å². The Morgan fingerprint density at radius 1 is 0.902 bits per heavy atom. The molecule has 0 amide bonds. The summed E-state index contributed by atoms with van der Waals surface area (Å²) in [6, 6.07) is 23.2. The molecule has 1 N–H and O–H groups in total. The monoisotopic (exact) mass is 583 g/mol. The van der Waals surface area contributed by atoms with E-state index in [1.165, 1.54) is 28.9 Å². The van der Waals surface area contributed by atoms with Gasteiger partial charge < -0.3 is 19.7 Å². The summed E-state index contributed by atoms with van der Waals surface area (Å²) in [4.78, 5) is 9.42. The van der Waals surface area contributed by atoms with Gasteiger partial charge >= 0.3 is 0 Å². The second-order valence-corrected chi connectivity index (χ2v) is 12.8. The summed E-state index contributed by atoms with van der Waals surface area (Å²) < 4.78 is 2.34. The Kier molecular flexibility index (Phi) is 7.56. The fourth-order valence-corrected chi connectivity index (χ4v) is 7.60. The highest BCUT2D eigenvalue weighted by Crippen LogP contribution is 2.45. The first-order chi connectivity index (χ1) is 19.7. The molecule has 7 heteroatoms. The average molecular weight is 584 g/mol. The maximum atomic E-state index is 7.04. The van der Waals surface area contributed by atoms with E-state index in [2.05, 4.69) is 109 Å². The van der Waals surface area contributed by atoms with E-state index in [1.807, 2.05) is 18.3 Å². The van der Waals surface area contributed by atoms with Crippen LogP contribution in [0, 0.1) is 32.6 Å². The first-order valence-electron chi connectivity index (χ1n) is 14.5. The van der Waals surface area contributed by atoms with Crippen LogP contribution in [0.15, 0.2) is 72.9 Å². The van der Waals surface area contributed by atoms with Gasteiger partial charge in [0.05, 0.1) is 28.5 Å². The molecule has 0 saturated carbocycles. The summed E-state index contributed by atoms with van der Waals surface area (Å²) >= 11 is 13.1. The van der Waals surface area contributed by atoms with Crippen LogP contribution in [0.2, 0.25) is 5.02 Å². The summed E-state index contributed by atoms with van der Waals surface area (Å²) in [5, 5.41) is 5.05. The molecule has 0 unspecified atom stereocenters. The van der Waals surface area contributed by atoms with E-state index < -0.39 is 0 Å². The van der Waals surface area contributed by atoms with Gasteiger partial charge in [0.2, 0.25) is 0 Å². The third-order valence-corrected chi connectivity index (χ3v) is 9.18. The second kappa shape index (κ2) is 11.1. The molecule has 4 atom stereocenters. The van der Waals surface area contributed by atoms with E-state index in [9.17, 15) is 0 Å². The molecule has 2 fully saturated rings. The quantitative estimate of drug-likeness (QED) is 0.240. The highest BCUT2D eigenvalue weighted by Gasteiger charge is 2.42. The molecule has 0 aliphatic carbocycles. The highest BCUT2D eigenvalue weighted by molar-refractivity contribution is 7.80. The predicted molar refractivity (Wildman–Crippen MR) is 175 cm³/mol. The van der Waals surface area contributed by atoms with Gasteiger partial charge in [-0.15, -0.1) is 0 Å². The van der Waals surface area contributed by atoms with Gasteiger partial charge in [-0.25, -0.2) is 0 Å². The average Bonchev–Trinajstić information content (AvgIpc) is 3.43. The summed E-state index contributed by atoms with van der Waals surface area (Å²) in [6.45, 7) is 13.2. The zero-order chi connectivity index (χ0) is 28.8. The molecular weight excluding hydrogens is 546 g/mol. The van der Waals surface area contributed by atoms with Crippen LogP contribution < -0.4 is 15.1 Å². The number of pyridine rings is 1. The highest BCUT2D eigenvalue weighted by atomic mass is 35.5. The lowest BCUT2D eigenvalue weighted by Crippen LogP contribution is -2.38. The number of nitrogens with zero attached hydrogens (tertiary/aromatic N) is 4. The first-order valence-corrected chi connectivity index (χ1v) is 15.3. The fourth-order valence-electron chi connectivity index (χ4n) is 6.96. The standard InChI is InChI=1S/C34H38ClN5S/c1-21-9-8-10-26(16-21)39-24(4)17-28(25(39)5)33-32(30-11-6-7-14-36-30)37-34(41)40(33)27-12-13-31(29(35)18-27)38-19-22(2)15-23(3)20-38/h6-14,16-18,22-23,32-33H,15,19-20H2,1-5H3,(H,37,41)/t22-,23+,32-,33-/m0/s1. The Balaban J connectivity index is 1.44. The number of aromatic nitrogens is 2. The van der Waals surface area contributed by atoms with Gasteiger partial charge in [0, 0.05) is 42.0 Å². The predicted octanol–water partition coefficient (Wildman–Crippen LogP) is 8.11. The van der Waals surface area contributed by atoms with Crippen molar-refractivity contribution in [1.29, 1.82) is 0 Å². The van der Waals surface area contributed by atoms with Crippen molar-refractivity contribution < 1.29 is 0 Å². The first kappa shape index (κ1) is 27.8. The molecule has 0 radical (unpaired) electrons. The largest absolute Gasteiger partial charge is 0.370 e. The summed E-state index contributed by atoms with van der Waals surface area (Å²) in [7, 11) is 0. The minimum absolute atomic E-state index is 0.0980. The molecule has 5 nitrogen and oxygen atoms in total. The normalized spacial score (nSPS) is 22.7. The molecule has 6 rings (SSSR count). The molecule has 2 saturated heterocycles. The van der Waals surface area contributed by atoms with Gasteiger partial charge in [-0.2, -0.15) is 0 Å². The third kappa shape index (κ3) is 5.24. The zero-order valence-electron chi connectivity index (χ0n) is 24.4. The van der Waals surface area contributed by atoms with E-state index in [1.54, 1.807) is 0 Å². The van der Waals surface area contributed by atoms with Crippen LogP contribution in [0.5, 0.6) is 0 Å². The van der Waals surface area contributed by atoms with Gasteiger partial charge in [0.1, 0.15) is 0 Å². The number of hydrogen-bond acceptors (Lipinski definition) is 3. The van der Waals surface area contributed by atoms with Crippen molar-refractivity contribution in [2.75, 3.05) is 22.9 Å². The summed E-state index contributed by atoms with van der Waals surface area (Å²) in [5.41, 5.74) is 9.03. The van der Waals surface area contributed by atoms with Crippen LogP contribution in [0.1, 0.15) is 60.6 Å². The fraction of sp³-hybridized carbons (Fsp3) is 0.353. The van der Waals surface area contributed by atoms with Crippen molar-refractivity contribution >= 4 is 40.3 Å². The minimum atomic E-state index is -0.114. The zero-order valence-corrected chi connectivity index (χ0v) is 26.0. The van der Waals surface area contributed by atoms with Crippen molar-refractivity contribution in [2.45, 2.75) is 53.1 Å². The molecule has 2 aliphatic heterocycles. The number of anilines is 2. The molecular formula is C34H38ClN5S. The number of halogens is 1. The van der Waals surface area contributed by atoms with E-state index in [0.29, 0.717) is 16.9 Å². The van der Waals surface area contributed by atoms with Crippen molar-refractivity contribution in [3.63, 3.8) is 0 Å². The number of piperidine rings is 1. The molecule has 0 bridgehead atoms. The van der Waals surface area contributed by atoms with Gasteiger partial charge in [-0.05, 0) is 111 Å². The molecule has 4 heterocycles. The van der Waals surface area contributed by atoms with Crippen LogP contribution in [0.3, 0.4) is 0 Å². The van der Waals surface area contributed by atoms with Crippen LogP contribution in [-0.4, -0.2) is 27.8 Å². The lowest BCUT2D eigenvalue weighted by Gasteiger charge is -2.37. The van der Waals surface area contributed by atoms with Crippen molar-refractivity contribution in [3.05, 3.63) is 106 Å². The van der Waals surface area contributed by atoms with Crippen LogP contribution in [0.25, 0.3) is 5.69 Å². The molecule has 2 aromatic heterocycles. The van der Waals surface area contributed by atoms with E-state index >= 15 is 0 Å². The topological polar surface area (TPSA) is 36.3 Å². The lowest BCUT2D eigenvalue weighted by molar-refractivity contribution is 0.357. The van der Waals surface area contributed by atoms with E-state index in [-0.39, 0.29) is 12.1 Å². The number of hydrogen-bond donors (Lipinski definition) is 1. The van der Waals surface area contributed by atoms with Crippen molar-refractivity contribution in [1.82, 2.24) is 14.9 Å². The Labute approximate surface area is 254 Å². The lowest BCUT2D eigenvalue weighted by atomic mass is 9.91. The summed E-state index contributed by atoms with van der Waals surface area (Å²) in [5.74, 6) is 1.30. The Bertz CT molecular complexity index is 1570. The smallest absolute Gasteiger partial charge is 0.174 e. The van der Waals surface area contributed by atoms with Crippen LogP contribution in [0.4, 0.5) is 11.4 Å². The summed E-state index contributed by atoms with van der Waals surface area (Å²) in [6.07, 6.45) is 3.11. The van der Waals surface area contributed by atoms with Gasteiger partial charge in [-0.3, -0.25) is 4.98 Å². The minimum Gasteiger partial charge on any atom is -0.370 e. The molecule has 212 valence electrons. The number of rotatable bonds is 5. The molecule has 0 spiro atoms. The van der Waals surface area contributed by atoms with Crippen LogP contribution in [-0.2, 0) is 0 Å². The van der Waals surface area contributed by atoms with Crippen molar-refractivity contribution in [2.24, 2.45) is 11.8 Å². The molecule has 4 aromatic rings. The Hall–Kier alpha value is -3.35. The van der Waals surface area contributed by atoms with E-state index in [0.717, 1.165) is 40.9 Å². The van der Waals surface area contributed by atoms with Crippen molar-refractivity contribution in [3.8, 4) is 5.69 Å².